The summed E-state index contributed by atoms with van der Waals surface area (Å²) in [7, 11) is 1.72. The summed E-state index contributed by atoms with van der Waals surface area (Å²) in [4.78, 5) is 11.3. The normalized spacial score (nSPS) is 12.4. The molecule has 0 saturated heterocycles. The second kappa shape index (κ2) is 13.9. The molecule has 0 aliphatic heterocycles. The molecule has 2 nitrogen and oxygen atoms in total. The van der Waals surface area contributed by atoms with E-state index in [1.807, 2.05) is 6.92 Å². The molecule has 0 aromatic carbocycles. The molecule has 1 unspecified atom stereocenters. The highest BCUT2D eigenvalue weighted by Gasteiger charge is 2.09. The summed E-state index contributed by atoms with van der Waals surface area (Å²) in [6.45, 7) is 4.29. The van der Waals surface area contributed by atoms with Gasteiger partial charge in [-0.25, -0.2) is 0 Å². The molecule has 0 spiro atoms. The molecule has 19 heavy (non-hydrogen) atoms. The van der Waals surface area contributed by atoms with Crippen molar-refractivity contribution in [3.63, 3.8) is 0 Å². The van der Waals surface area contributed by atoms with Gasteiger partial charge < -0.3 is 5.32 Å². The van der Waals surface area contributed by atoms with Crippen LogP contribution in [0.4, 0.5) is 0 Å². The highest BCUT2D eigenvalue weighted by atomic mass is 16.1. The Kier molecular flexibility index (Phi) is 13.5. The van der Waals surface area contributed by atoms with Crippen LogP contribution in [0.2, 0.25) is 0 Å². The quantitative estimate of drug-likeness (QED) is 0.465. The second-order valence-corrected chi connectivity index (χ2v) is 5.84. The predicted octanol–water partition coefficient (Wildman–Crippen LogP) is 5.07. The first-order valence-corrected chi connectivity index (χ1v) is 8.44. The Morgan fingerprint density at radius 2 is 1.26 bits per heavy atom. The van der Waals surface area contributed by atoms with Gasteiger partial charge in [-0.2, -0.15) is 0 Å². The standard InChI is InChI=1S/C17H35NO/c1-4-5-6-7-8-9-10-11-12-13-14-15-16(2)17(19)18-3/h16H,4-15H2,1-3H3,(H,18,19). The zero-order valence-electron chi connectivity index (χ0n) is 13.5. The van der Waals surface area contributed by atoms with Gasteiger partial charge in [0.25, 0.3) is 0 Å². The number of rotatable bonds is 13. The molecule has 0 rings (SSSR count). The summed E-state index contributed by atoms with van der Waals surface area (Å²) < 4.78 is 0. The topological polar surface area (TPSA) is 29.1 Å². The van der Waals surface area contributed by atoms with Crippen LogP contribution in [0.15, 0.2) is 0 Å². The van der Waals surface area contributed by atoms with Crippen LogP contribution >= 0.6 is 0 Å². The van der Waals surface area contributed by atoms with Crippen LogP contribution in [0, 0.1) is 5.92 Å². The Morgan fingerprint density at radius 1 is 0.842 bits per heavy atom. The van der Waals surface area contributed by atoms with Crippen LogP contribution in [0.3, 0.4) is 0 Å². The molecule has 0 heterocycles. The lowest BCUT2D eigenvalue weighted by molar-refractivity contribution is -0.124. The average Bonchev–Trinajstić information content (AvgIpc) is 2.43. The van der Waals surface area contributed by atoms with Crippen molar-refractivity contribution in [2.45, 2.75) is 90.9 Å². The molecule has 1 amide bonds. The monoisotopic (exact) mass is 269 g/mol. The van der Waals surface area contributed by atoms with Crippen molar-refractivity contribution in [2.24, 2.45) is 5.92 Å². The maximum Gasteiger partial charge on any atom is 0.222 e. The smallest absolute Gasteiger partial charge is 0.222 e. The molecule has 0 aliphatic rings. The minimum atomic E-state index is 0.184. The van der Waals surface area contributed by atoms with E-state index < -0.39 is 0 Å². The summed E-state index contributed by atoms with van der Waals surface area (Å²) in [5.41, 5.74) is 0. The van der Waals surface area contributed by atoms with Crippen molar-refractivity contribution >= 4 is 5.91 Å². The van der Waals surface area contributed by atoms with Gasteiger partial charge in [0.2, 0.25) is 5.91 Å². The molecule has 1 N–H and O–H groups in total. The minimum absolute atomic E-state index is 0.184. The molecule has 0 aromatic rings. The summed E-state index contributed by atoms with van der Waals surface area (Å²) in [5, 5.41) is 2.72. The van der Waals surface area contributed by atoms with Crippen molar-refractivity contribution < 1.29 is 4.79 Å². The van der Waals surface area contributed by atoms with Crippen molar-refractivity contribution in [3.8, 4) is 0 Å². The van der Waals surface area contributed by atoms with E-state index in [-0.39, 0.29) is 11.8 Å². The van der Waals surface area contributed by atoms with Crippen LogP contribution in [0.1, 0.15) is 90.9 Å². The molecule has 0 aromatic heterocycles. The highest BCUT2D eigenvalue weighted by Crippen LogP contribution is 2.14. The van der Waals surface area contributed by atoms with Crippen LogP contribution in [0.5, 0.6) is 0 Å². The lowest BCUT2D eigenvalue weighted by Gasteiger charge is -2.09. The van der Waals surface area contributed by atoms with E-state index in [4.69, 9.17) is 0 Å². The van der Waals surface area contributed by atoms with E-state index in [1.54, 1.807) is 7.05 Å². The van der Waals surface area contributed by atoms with E-state index in [2.05, 4.69) is 12.2 Å². The van der Waals surface area contributed by atoms with E-state index >= 15 is 0 Å². The molecule has 1 atom stereocenters. The number of hydrogen-bond donors (Lipinski definition) is 1. The van der Waals surface area contributed by atoms with Crippen molar-refractivity contribution in [1.29, 1.82) is 0 Å². The third kappa shape index (κ3) is 12.3. The average molecular weight is 269 g/mol. The Labute approximate surface area is 120 Å². The fourth-order valence-corrected chi connectivity index (χ4v) is 2.49. The van der Waals surface area contributed by atoms with Gasteiger partial charge in [-0.15, -0.1) is 0 Å². The van der Waals surface area contributed by atoms with Crippen molar-refractivity contribution in [3.05, 3.63) is 0 Å². The Bertz CT molecular complexity index is 203. The summed E-state index contributed by atoms with van der Waals surface area (Å²) in [6.07, 6.45) is 16.1. The van der Waals surface area contributed by atoms with Gasteiger partial charge in [0.15, 0.2) is 0 Å². The summed E-state index contributed by atoms with van der Waals surface area (Å²) in [6, 6.07) is 0. The molecule has 0 fully saturated rings. The van der Waals surface area contributed by atoms with Crippen LogP contribution in [-0.4, -0.2) is 13.0 Å². The maximum atomic E-state index is 11.3. The fourth-order valence-electron chi connectivity index (χ4n) is 2.49. The summed E-state index contributed by atoms with van der Waals surface area (Å²) >= 11 is 0. The number of carbonyl (C=O) groups excluding carboxylic acids is 1. The first-order valence-electron chi connectivity index (χ1n) is 8.44. The third-order valence-corrected chi connectivity index (χ3v) is 3.93. The molecule has 2 heteroatoms. The minimum Gasteiger partial charge on any atom is -0.359 e. The van der Waals surface area contributed by atoms with Gasteiger partial charge in [0.05, 0.1) is 0 Å². The van der Waals surface area contributed by atoms with E-state index in [9.17, 15) is 4.79 Å². The van der Waals surface area contributed by atoms with Gasteiger partial charge in [-0.3, -0.25) is 4.79 Å². The maximum absolute atomic E-state index is 11.3. The van der Waals surface area contributed by atoms with Crippen LogP contribution in [0.25, 0.3) is 0 Å². The van der Waals surface area contributed by atoms with Crippen LogP contribution < -0.4 is 5.32 Å². The molecule has 0 bridgehead atoms. The number of carbonyl (C=O) groups is 1. The zero-order valence-corrected chi connectivity index (χ0v) is 13.5. The van der Waals surface area contributed by atoms with E-state index in [1.165, 1.54) is 70.6 Å². The van der Waals surface area contributed by atoms with Crippen LogP contribution in [-0.2, 0) is 4.79 Å². The van der Waals surface area contributed by atoms with Crippen molar-refractivity contribution in [1.82, 2.24) is 5.32 Å². The van der Waals surface area contributed by atoms with Crippen molar-refractivity contribution in [2.75, 3.05) is 7.05 Å². The fraction of sp³-hybridized carbons (Fsp3) is 0.941. The molecule has 114 valence electrons. The van der Waals surface area contributed by atoms with Gasteiger partial charge in [-0.1, -0.05) is 84.5 Å². The Balaban J connectivity index is 3.12. The molecule has 0 radical (unpaired) electrons. The van der Waals surface area contributed by atoms with Gasteiger partial charge >= 0.3 is 0 Å². The van der Waals surface area contributed by atoms with Gasteiger partial charge in [0, 0.05) is 13.0 Å². The zero-order chi connectivity index (χ0) is 14.3. The lowest BCUT2D eigenvalue weighted by Crippen LogP contribution is -2.25. The Hall–Kier alpha value is -0.530. The number of amides is 1. The highest BCUT2D eigenvalue weighted by molar-refractivity contribution is 5.77. The van der Waals surface area contributed by atoms with E-state index in [0.29, 0.717) is 0 Å². The number of unbranched alkanes of at least 4 members (excludes halogenated alkanes) is 10. The molecule has 0 saturated carbocycles. The summed E-state index contributed by atoms with van der Waals surface area (Å²) in [5.74, 6) is 0.371. The molecule has 0 aliphatic carbocycles. The SMILES string of the molecule is CCCCCCCCCCCCCC(C)C(=O)NC. The second-order valence-electron chi connectivity index (χ2n) is 5.84. The molecular weight excluding hydrogens is 234 g/mol. The Morgan fingerprint density at radius 3 is 1.68 bits per heavy atom. The third-order valence-electron chi connectivity index (χ3n) is 3.93. The molecular formula is C17H35NO. The first-order chi connectivity index (χ1) is 9.22. The lowest BCUT2D eigenvalue weighted by atomic mass is 10.0. The van der Waals surface area contributed by atoms with Gasteiger partial charge in [-0.05, 0) is 6.42 Å². The van der Waals surface area contributed by atoms with E-state index in [0.717, 1.165) is 6.42 Å². The first kappa shape index (κ1) is 18.5. The van der Waals surface area contributed by atoms with Gasteiger partial charge in [0.1, 0.15) is 0 Å². The number of nitrogens with one attached hydrogen (secondary N) is 1. The number of hydrogen-bond acceptors (Lipinski definition) is 1. The predicted molar refractivity (Wildman–Crippen MR) is 84.3 cm³/mol. The largest absolute Gasteiger partial charge is 0.359 e.